The summed E-state index contributed by atoms with van der Waals surface area (Å²) < 4.78 is 10.1. The first-order chi connectivity index (χ1) is 13.9. The van der Waals surface area contributed by atoms with E-state index in [0.29, 0.717) is 44.8 Å². The third kappa shape index (κ3) is 10.2. The molecule has 0 heterocycles. The van der Waals surface area contributed by atoms with E-state index in [9.17, 15) is 14.4 Å². The second kappa shape index (κ2) is 14.5. The summed E-state index contributed by atoms with van der Waals surface area (Å²) in [6.07, 6.45) is 10.6. The molecule has 0 amide bonds. The van der Waals surface area contributed by atoms with Crippen molar-refractivity contribution in [3.8, 4) is 0 Å². The van der Waals surface area contributed by atoms with Gasteiger partial charge >= 0.3 is 11.9 Å². The van der Waals surface area contributed by atoms with Gasteiger partial charge in [0, 0.05) is 24.8 Å². The van der Waals surface area contributed by atoms with Crippen LogP contribution in [0.1, 0.15) is 97.8 Å². The number of ketones is 1. The van der Waals surface area contributed by atoms with E-state index >= 15 is 0 Å². The van der Waals surface area contributed by atoms with Crippen LogP contribution in [0.2, 0.25) is 0 Å². The van der Waals surface area contributed by atoms with E-state index in [1.807, 2.05) is 6.92 Å². The lowest BCUT2D eigenvalue weighted by Crippen LogP contribution is -2.40. The number of carbonyl (C=O) groups is 3. The lowest BCUT2D eigenvalue weighted by Gasteiger charge is -2.32. The average molecular weight is 412 g/mol. The van der Waals surface area contributed by atoms with Gasteiger partial charge in [-0.3, -0.25) is 14.4 Å². The summed E-state index contributed by atoms with van der Waals surface area (Å²) in [6, 6.07) is -0.369. The van der Waals surface area contributed by atoms with Gasteiger partial charge in [-0.05, 0) is 39.5 Å². The molecule has 1 N–H and O–H groups in total. The molecule has 1 fully saturated rings. The van der Waals surface area contributed by atoms with Crippen molar-refractivity contribution < 1.29 is 23.9 Å². The van der Waals surface area contributed by atoms with Gasteiger partial charge in [-0.1, -0.05) is 45.4 Å². The highest BCUT2D eigenvalue weighted by molar-refractivity contribution is 5.84. The molecule has 1 unspecified atom stereocenters. The Hall–Kier alpha value is -1.43. The molecule has 168 valence electrons. The second-order valence-electron chi connectivity index (χ2n) is 8.31. The van der Waals surface area contributed by atoms with Gasteiger partial charge in [-0.15, -0.1) is 0 Å². The molecule has 0 spiro atoms. The van der Waals surface area contributed by atoms with E-state index in [1.54, 1.807) is 6.92 Å². The summed E-state index contributed by atoms with van der Waals surface area (Å²) >= 11 is 0. The third-order valence-corrected chi connectivity index (χ3v) is 5.87. The van der Waals surface area contributed by atoms with E-state index in [4.69, 9.17) is 9.47 Å². The van der Waals surface area contributed by atoms with Crippen molar-refractivity contribution in [2.45, 2.75) is 104 Å². The number of unbranched alkanes of at least 4 members (excludes halogenated alkanes) is 3. The number of nitrogens with one attached hydrogen (secondary N) is 1. The van der Waals surface area contributed by atoms with Crippen LogP contribution in [0.3, 0.4) is 0 Å². The Morgan fingerprint density at radius 3 is 2.21 bits per heavy atom. The fourth-order valence-electron chi connectivity index (χ4n) is 4.02. The number of esters is 2. The molecule has 1 aliphatic rings. The average Bonchev–Trinajstić information content (AvgIpc) is 2.69. The van der Waals surface area contributed by atoms with Crippen LogP contribution in [0.4, 0.5) is 0 Å². The van der Waals surface area contributed by atoms with Crippen LogP contribution in [-0.2, 0) is 23.9 Å². The van der Waals surface area contributed by atoms with Gasteiger partial charge in [0.15, 0.2) is 0 Å². The minimum absolute atomic E-state index is 0.144. The van der Waals surface area contributed by atoms with Gasteiger partial charge in [-0.25, -0.2) is 0 Å². The standard InChI is InChI=1S/C23H41NO5/c1-4-28-21(26)14-10-7-6-9-13-19(22(27)29-5-2)24-18-15-20(25)23(3)16-11-8-12-17-23/h19,24H,4-18H2,1-3H3. The van der Waals surface area contributed by atoms with Crippen LogP contribution >= 0.6 is 0 Å². The number of hydrogen-bond donors (Lipinski definition) is 1. The monoisotopic (exact) mass is 411 g/mol. The van der Waals surface area contributed by atoms with Crippen molar-refractivity contribution in [3.05, 3.63) is 0 Å². The van der Waals surface area contributed by atoms with Crippen molar-refractivity contribution in [2.24, 2.45) is 5.41 Å². The Kier molecular flexibility index (Phi) is 12.8. The van der Waals surface area contributed by atoms with Crippen LogP contribution in [0, 0.1) is 5.41 Å². The number of carbonyl (C=O) groups excluding carboxylic acids is 3. The number of ether oxygens (including phenoxy) is 2. The van der Waals surface area contributed by atoms with Gasteiger partial charge in [0.2, 0.25) is 0 Å². The Morgan fingerprint density at radius 2 is 1.55 bits per heavy atom. The Morgan fingerprint density at radius 1 is 0.897 bits per heavy atom. The minimum Gasteiger partial charge on any atom is -0.466 e. The third-order valence-electron chi connectivity index (χ3n) is 5.87. The Bertz CT molecular complexity index is 499. The van der Waals surface area contributed by atoms with Crippen LogP contribution in [0.5, 0.6) is 0 Å². The SMILES string of the molecule is CCOC(=O)CCCCCCC(NCCC(=O)C1(C)CCCCC1)C(=O)OCC. The zero-order valence-corrected chi connectivity index (χ0v) is 18.7. The van der Waals surface area contributed by atoms with E-state index in [0.717, 1.165) is 51.4 Å². The molecular weight excluding hydrogens is 370 g/mol. The Balaban J connectivity index is 2.31. The van der Waals surface area contributed by atoms with Crippen molar-refractivity contribution in [1.82, 2.24) is 5.32 Å². The number of Topliss-reactive ketones (excluding diaryl/α,β-unsaturated/α-hetero) is 1. The summed E-state index contributed by atoms with van der Waals surface area (Å²) in [5, 5.41) is 3.25. The molecule has 1 atom stereocenters. The molecular formula is C23H41NO5. The molecule has 0 radical (unpaired) electrons. The van der Waals surface area contributed by atoms with E-state index in [2.05, 4.69) is 12.2 Å². The largest absolute Gasteiger partial charge is 0.466 e. The molecule has 0 aromatic carbocycles. The first kappa shape index (κ1) is 25.6. The quantitative estimate of drug-likeness (QED) is 0.319. The van der Waals surface area contributed by atoms with Crippen LogP contribution in [0.15, 0.2) is 0 Å². The second-order valence-corrected chi connectivity index (χ2v) is 8.31. The predicted molar refractivity (Wildman–Crippen MR) is 114 cm³/mol. The highest BCUT2D eigenvalue weighted by atomic mass is 16.5. The lowest BCUT2D eigenvalue weighted by molar-refractivity contribution is -0.146. The maximum Gasteiger partial charge on any atom is 0.323 e. The number of rotatable bonds is 15. The summed E-state index contributed by atoms with van der Waals surface area (Å²) in [5.74, 6) is -0.0727. The van der Waals surface area contributed by atoms with Crippen LogP contribution < -0.4 is 5.32 Å². The van der Waals surface area contributed by atoms with E-state index in [-0.39, 0.29) is 23.4 Å². The first-order valence-electron chi connectivity index (χ1n) is 11.5. The van der Waals surface area contributed by atoms with Crippen LogP contribution in [-0.4, -0.2) is 43.5 Å². The summed E-state index contributed by atoms with van der Waals surface area (Å²) in [7, 11) is 0. The smallest absolute Gasteiger partial charge is 0.323 e. The van der Waals surface area contributed by atoms with E-state index < -0.39 is 0 Å². The molecule has 0 bridgehead atoms. The van der Waals surface area contributed by atoms with Crippen LogP contribution in [0.25, 0.3) is 0 Å². The van der Waals surface area contributed by atoms with Gasteiger partial charge in [0.05, 0.1) is 13.2 Å². The molecule has 1 rings (SSSR count). The summed E-state index contributed by atoms with van der Waals surface area (Å²) in [4.78, 5) is 36.2. The van der Waals surface area contributed by atoms with Crippen molar-refractivity contribution in [2.75, 3.05) is 19.8 Å². The van der Waals surface area contributed by atoms with Crippen molar-refractivity contribution >= 4 is 17.7 Å². The molecule has 1 saturated carbocycles. The zero-order valence-electron chi connectivity index (χ0n) is 18.7. The van der Waals surface area contributed by atoms with Gasteiger partial charge in [-0.2, -0.15) is 0 Å². The molecule has 6 nitrogen and oxygen atoms in total. The zero-order chi connectivity index (χ0) is 21.5. The lowest BCUT2D eigenvalue weighted by atomic mass is 9.72. The maximum absolute atomic E-state index is 12.6. The maximum atomic E-state index is 12.6. The summed E-state index contributed by atoms with van der Waals surface area (Å²) in [5.41, 5.74) is -0.182. The summed E-state index contributed by atoms with van der Waals surface area (Å²) in [6.45, 7) is 7.00. The van der Waals surface area contributed by atoms with Crippen molar-refractivity contribution in [3.63, 3.8) is 0 Å². The molecule has 0 saturated heterocycles. The topological polar surface area (TPSA) is 81.7 Å². The molecule has 29 heavy (non-hydrogen) atoms. The first-order valence-corrected chi connectivity index (χ1v) is 11.5. The Labute approximate surface area is 176 Å². The van der Waals surface area contributed by atoms with E-state index in [1.165, 1.54) is 6.42 Å². The molecule has 0 aromatic rings. The highest BCUT2D eigenvalue weighted by Crippen LogP contribution is 2.37. The fraction of sp³-hybridized carbons (Fsp3) is 0.870. The van der Waals surface area contributed by atoms with Gasteiger partial charge in [0.1, 0.15) is 11.8 Å². The molecule has 1 aliphatic carbocycles. The number of hydrogen-bond acceptors (Lipinski definition) is 6. The van der Waals surface area contributed by atoms with Gasteiger partial charge in [0.25, 0.3) is 0 Å². The molecule has 0 aliphatic heterocycles. The normalized spacial score (nSPS) is 16.8. The fourth-order valence-corrected chi connectivity index (χ4v) is 4.02. The molecule has 0 aromatic heterocycles. The highest BCUT2D eigenvalue weighted by Gasteiger charge is 2.33. The van der Waals surface area contributed by atoms with Gasteiger partial charge < -0.3 is 14.8 Å². The molecule has 6 heteroatoms. The van der Waals surface area contributed by atoms with Crippen molar-refractivity contribution in [1.29, 1.82) is 0 Å². The minimum atomic E-state index is -0.369. The predicted octanol–water partition coefficient (Wildman–Crippen LogP) is 4.34.